The molecule has 0 aliphatic carbocycles. The Hall–Kier alpha value is -1.69. The molecule has 0 radical (unpaired) electrons. The topological polar surface area (TPSA) is 84.1 Å². The molecule has 0 spiro atoms. The third-order valence-electron chi connectivity index (χ3n) is 2.12. The van der Waals surface area contributed by atoms with E-state index in [1.807, 2.05) is 0 Å². The molecule has 0 atom stereocenters. The number of H-pyrrole nitrogens is 1. The molecule has 6 heteroatoms. The van der Waals surface area contributed by atoms with E-state index in [9.17, 15) is 9.59 Å². The quantitative estimate of drug-likeness (QED) is 0.706. The van der Waals surface area contributed by atoms with Crippen molar-refractivity contribution in [3.8, 4) is 0 Å². The van der Waals surface area contributed by atoms with Crippen molar-refractivity contribution in [3.63, 3.8) is 0 Å². The van der Waals surface area contributed by atoms with Gasteiger partial charge in [0.1, 0.15) is 0 Å². The van der Waals surface area contributed by atoms with Crippen molar-refractivity contribution in [1.29, 1.82) is 0 Å². The Bertz CT molecular complexity index is 413. The highest BCUT2D eigenvalue weighted by atomic mass is 16.6. The molecular formula is C10H15N3O3. The second-order valence-electron chi connectivity index (χ2n) is 3.37. The molecular weight excluding hydrogens is 210 g/mol. The van der Waals surface area contributed by atoms with Crippen LogP contribution in [0.25, 0.3) is 0 Å². The molecule has 1 aromatic heterocycles. The second-order valence-corrected chi connectivity index (χ2v) is 3.37. The van der Waals surface area contributed by atoms with Gasteiger partial charge in [-0.3, -0.25) is 9.63 Å². The fourth-order valence-corrected chi connectivity index (χ4v) is 1.36. The molecule has 1 amide bonds. The Morgan fingerprint density at radius 3 is 2.75 bits per heavy atom. The summed E-state index contributed by atoms with van der Waals surface area (Å²) < 4.78 is 0. The Balaban J connectivity index is 2.81. The maximum absolute atomic E-state index is 11.4. The molecule has 2 N–H and O–H groups in total. The van der Waals surface area contributed by atoms with Crippen molar-refractivity contribution in [2.75, 3.05) is 6.61 Å². The molecule has 0 fully saturated rings. The Labute approximate surface area is 93.0 Å². The van der Waals surface area contributed by atoms with Gasteiger partial charge in [0.15, 0.2) is 0 Å². The molecule has 1 rings (SSSR count). The van der Waals surface area contributed by atoms with Crippen molar-refractivity contribution < 1.29 is 9.63 Å². The van der Waals surface area contributed by atoms with Crippen molar-refractivity contribution >= 4 is 5.91 Å². The van der Waals surface area contributed by atoms with Crippen molar-refractivity contribution in [1.82, 2.24) is 15.4 Å². The van der Waals surface area contributed by atoms with Crippen LogP contribution in [-0.2, 0) is 16.1 Å². The standard InChI is InChI=1S/C10H15N3O3/c1-4-16-13-9(14)5-8-6(2)11-10(15)12-7(8)3/h4-5H2,1-3H3,(H,13,14)(H,11,12,15). The van der Waals surface area contributed by atoms with Crippen LogP contribution in [0, 0.1) is 13.8 Å². The number of aromatic amines is 1. The number of carbonyl (C=O) groups is 1. The van der Waals surface area contributed by atoms with Gasteiger partial charge in [0.05, 0.1) is 13.0 Å². The first-order valence-corrected chi connectivity index (χ1v) is 5.01. The zero-order valence-corrected chi connectivity index (χ0v) is 9.59. The monoisotopic (exact) mass is 225 g/mol. The van der Waals surface area contributed by atoms with Crippen LogP contribution >= 0.6 is 0 Å². The van der Waals surface area contributed by atoms with Crippen molar-refractivity contribution in [2.24, 2.45) is 0 Å². The van der Waals surface area contributed by atoms with Crippen LogP contribution < -0.4 is 11.2 Å². The van der Waals surface area contributed by atoms with Crippen LogP contribution in [0.1, 0.15) is 23.9 Å². The maximum atomic E-state index is 11.4. The molecule has 0 saturated heterocycles. The highest BCUT2D eigenvalue weighted by Gasteiger charge is 2.10. The Kier molecular flexibility index (Phi) is 4.19. The average molecular weight is 225 g/mol. The van der Waals surface area contributed by atoms with Gasteiger partial charge in [-0.1, -0.05) is 0 Å². The summed E-state index contributed by atoms with van der Waals surface area (Å²) in [6.45, 7) is 5.62. The van der Waals surface area contributed by atoms with Gasteiger partial charge in [-0.15, -0.1) is 0 Å². The molecule has 0 aromatic carbocycles. The molecule has 1 aromatic rings. The maximum Gasteiger partial charge on any atom is 0.345 e. The minimum Gasteiger partial charge on any atom is -0.310 e. The van der Waals surface area contributed by atoms with Gasteiger partial charge < -0.3 is 4.98 Å². The molecule has 1 heterocycles. The van der Waals surface area contributed by atoms with E-state index in [1.165, 1.54) is 0 Å². The number of aryl methyl sites for hydroxylation is 2. The predicted octanol–water partition coefficient (Wildman–Crippen LogP) is -0.00306. The highest BCUT2D eigenvalue weighted by molar-refractivity contribution is 5.78. The van der Waals surface area contributed by atoms with E-state index in [4.69, 9.17) is 4.84 Å². The zero-order chi connectivity index (χ0) is 12.1. The summed E-state index contributed by atoms with van der Waals surface area (Å²) in [6.07, 6.45) is 0.140. The fraction of sp³-hybridized carbons (Fsp3) is 0.500. The van der Waals surface area contributed by atoms with E-state index >= 15 is 0 Å². The van der Waals surface area contributed by atoms with Crippen LogP contribution in [0.4, 0.5) is 0 Å². The van der Waals surface area contributed by atoms with Gasteiger partial charge in [-0.2, -0.15) is 4.98 Å². The number of nitrogens with one attached hydrogen (secondary N) is 2. The van der Waals surface area contributed by atoms with E-state index < -0.39 is 5.69 Å². The van der Waals surface area contributed by atoms with Crippen LogP contribution in [0.2, 0.25) is 0 Å². The number of nitrogens with zero attached hydrogens (tertiary/aromatic N) is 1. The third kappa shape index (κ3) is 3.16. The van der Waals surface area contributed by atoms with Crippen molar-refractivity contribution in [3.05, 3.63) is 27.4 Å². The second kappa shape index (κ2) is 5.41. The summed E-state index contributed by atoms with van der Waals surface area (Å²) in [7, 11) is 0. The molecule has 6 nitrogen and oxygen atoms in total. The van der Waals surface area contributed by atoms with Gasteiger partial charge in [0, 0.05) is 17.0 Å². The van der Waals surface area contributed by atoms with E-state index in [0.717, 1.165) is 5.56 Å². The lowest BCUT2D eigenvalue weighted by Gasteiger charge is -2.08. The normalized spacial score (nSPS) is 10.2. The van der Waals surface area contributed by atoms with Gasteiger partial charge in [-0.05, 0) is 20.8 Å². The number of rotatable bonds is 4. The molecule has 0 aliphatic rings. The SMILES string of the molecule is CCONC(=O)Cc1c(C)nc(=O)[nH]c1C. The van der Waals surface area contributed by atoms with E-state index in [1.54, 1.807) is 20.8 Å². The van der Waals surface area contributed by atoms with Gasteiger partial charge in [0.25, 0.3) is 0 Å². The van der Waals surface area contributed by atoms with E-state index in [-0.39, 0.29) is 12.3 Å². The smallest absolute Gasteiger partial charge is 0.310 e. The van der Waals surface area contributed by atoms with Gasteiger partial charge in [0.2, 0.25) is 5.91 Å². The average Bonchev–Trinajstić information content (AvgIpc) is 2.20. The third-order valence-corrected chi connectivity index (χ3v) is 2.12. The van der Waals surface area contributed by atoms with Crippen LogP contribution in [-0.4, -0.2) is 22.5 Å². The number of carbonyl (C=O) groups excluding carboxylic acids is 1. The minimum absolute atomic E-state index is 0.140. The first-order chi connectivity index (χ1) is 7.54. The summed E-state index contributed by atoms with van der Waals surface area (Å²) in [4.78, 5) is 33.5. The zero-order valence-electron chi connectivity index (χ0n) is 9.59. The lowest BCUT2D eigenvalue weighted by atomic mass is 10.1. The summed E-state index contributed by atoms with van der Waals surface area (Å²) in [5.41, 5.74) is 3.83. The van der Waals surface area contributed by atoms with Gasteiger partial charge >= 0.3 is 5.69 Å². The minimum atomic E-state index is -0.399. The van der Waals surface area contributed by atoms with Crippen LogP contribution in [0.15, 0.2) is 4.79 Å². The fourth-order valence-electron chi connectivity index (χ4n) is 1.36. The molecule has 0 aliphatic heterocycles. The molecule has 88 valence electrons. The molecule has 0 unspecified atom stereocenters. The number of hydrogen-bond acceptors (Lipinski definition) is 4. The molecule has 0 bridgehead atoms. The summed E-state index contributed by atoms with van der Waals surface area (Å²) >= 11 is 0. The number of hydroxylamine groups is 1. The summed E-state index contributed by atoms with van der Waals surface area (Å²) in [5.74, 6) is -0.262. The van der Waals surface area contributed by atoms with Crippen LogP contribution in [0.5, 0.6) is 0 Å². The first-order valence-electron chi connectivity index (χ1n) is 5.01. The largest absolute Gasteiger partial charge is 0.345 e. The van der Waals surface area contributed by atoms with Crippen LogP contribution in [0.3, 0.4) is 0 Å². The highest BCUT2D eigenvalue weighted by Crippen LogP contribution is 2.07. The Morgan fingerprint density at radius 1 is 1.50 bits per heavy atom. The predicted molar refractivity (Wildman–Crippen MR) is 57.8 cm³/mol. The lowest BCUT2D eigenvalue weighted by molar-refractivity contribution is -0.132. The van der Waals surface area contributed by atoms with Crippen molar-refractivity contribution in [2.45, 2.75) is 27.2 Å². The Morgan fingerprint density at radius 2 is 2.19 bits per heavy atom. The summed E-state index contributed by atoms with van der Waals surface area (Å²) in [5, 5.41) is 0. The number of aromatic nitrogens is 2. The lowest BCUT2D eigenvalue weighted by Crippen LogP contribution is -2.27. The number of hydrogen-bond donors (Lipinski definition) is 2. The molecule has 0 saturated carbocycles. The summed E-state index contributed by atoms with van der Waals surface area (Å²) in [6, 6.07) is 0. The van der Waals surface area contributed by atoms with E-state index in [0.29, 0.717) is 18.0 Å². The number of amides is 1. The first kappa shape index (κ1) is 12.4. The van der Waals surface area contributed by atoms with Gasteiger partial charge in [-0.25, -0.2) is 10.3 Å². The van der Waals surface area contributed by atoms with E-state index in [2.05, 4.69) is 15.4 Å². The molecule has 16 heavy (non-hydrogen) atoms.